The van der Waals surface area contributed by atoms with Crippen LogP contribution in [0.2, 0.25) is 5.02 Å². The number of aryl methyl sites for hydroxylation is 1. The summed E-state index contributed by atoms with van der Waals surface area (Å²) in [4.78, 5) is 12.1. The minimum absolute atomic E-state index is 0.00949. The van der Waals surface area contributed by atoms with Crippen molar-refractivity contribution in [2.75, 3.05) is 5.32 Å². The fourth-order valence-electron chi connectivity index (χ4n) is 2.67. The molecular weight excluding hydrogens is 475 g/mol. The number of nitrogens with zero attached hydrogens (tertiary/aromatic N) is 4. The topological polar surface area (TPSA) is 64.7 Å². The molecule has 0 saturated heterocycles. The first-order chi connectivity index (χ1) is 13.6. The molecule has 1 aromatic carbocycles. The zero-order chi connectivity index (χ0) is 21.2. The van der Waals surface area contributed by atoms with Gasteiger partial charge in [-0.3, -0.25) is 14.2 Å². The summed E-state index contributed by atoms with van der Waals surface area (Å²) in [6, 6.07) is 8.98. The Morgan fingerprint density at radius 3 is 2.69 bits per heavy atom. The van der Waals surface area contributed by atoms with Gasteiger partial charge in [0.2, 0.25) is 5.91 Å². The van der Waals surface area contributed by atoms with Crippen LogP contribution >= 0.6 is 27.5 Å². The average molecular weight is 491 g/mol. The minimum atomic E-state index is -4.56. The van der Waals surface area contributed by atoms with E-state index in [4.69, 9.17) is 11.6 Å². The first-order valence-electron chi connectivity index (χ1n) is 8.51. The Labute approximate surface area is 177 Å². The minimum Gasteiger partial charge on any atom is -0.309 e. The largest absolute Gasteiger partial charge is 0.436 e. The highest BCUT2D eigenvalue weighted by molar-refractivity contribution is 9.10. The Morgan fingerprint density at radius 2 is 2.03 bits per heavy atom. The Morgan fingerprint density at radius 1 is 1.28 bits per heavy atom. The highest BCUT2D eigenvalue weighted by Gasteiger charge is 2.37. The number of nitrogens with one attached hydrogen (secondary N) is 1. The first-order valence-corrected chi connectivity index (χ1v) is 9.68. The van der Waals surface area contributed by atoms with E-state index in [-0.39, 0.29) is 23.3 Å². The molecule has 2 heterocycles. The van der Waals surface area contributed by atoms with Gasteiger partial charge in [-0.25, -0.2) is 0 Å². The summed E-state index contributed by atoms with van der Waals surface area (Å²) in [7, 11) is 0. The molecule has 3 aromatic rings. The van der Waals surface area contributed by atoms with Crippen molar-refractivity contribution >= 4 is 39.3 Å². The Hall–Kier alpha value is -2.33. The maximum Gasteiger partial charge on any atom is 0.436 e. The van der Waals surface area contributed by atoms with Gasteiger partial charge in [0, 0.05) is 23.7 Å². The molecule has 0 fully saturated rings. The number of alkyl halides is 3. The normalized spacial score (nSPS) is 11.7. The van der Waals surface area contributed by atoms with Crippen LogP contribution in [0.4, 0.5) is 19.0 Å². The van der Waals surface area contributed by atoms with Crippen LogP contribution in [0.5, 0.6) is 0 Å². The van der Waals surface area contributed by atoms with Gasteiger partial charge in [0.15, 0.2) is 11.5 Å². The van der Waals surface area contributed by atoms with Crippen LogP contribution in [0.1, 0.15) is 23.4 Å². The number of amides is 1. The van der Waals surface area contributed by atoms with Crippen LogP contribution in [-0.2, 0) is 24.1 Å². The van der Waals surface area contributed by atoms with E-state index in [1.54, 1.807) is 23.0 Å². The molecule has 0 aliphatic carbocycles. The van der Waals surface area contributed by atoms with Crippen molar-refractivity contribution < 1.29 is 18.0 Å². The van der Waals surface area contributed by atoms with E-state index in [1.807, 2.05) is 18.2 Å². The van der Waals surface area contributed by atoms with Gasteiger partial charge in [-0.15, -0.1) is 0 Å². The monoisotopic (exact) mass is 489 g/mol. The number of benzene rings is 1. The maximum absolute atomic E-state index is 12.9. The lowest BCUT2D eigenvalue weighted by Gasteiger charge is -2.05. The summed E-state index contributed by atoms with van der Waals surface area (Å²) >= 11 is 8.87. The Bertz CT molecular complexity index is 1030. The molecule has 11 heteroatoms. The number of anilines is 1. The number of carbonyl (C=O) groups excluding carboxylic acids is 1. The van der Waals surface area contributed by atoms with Gasteiger partial charge >= 0.3 is 6.18 Å². The van der Waals surface area contributed by atoms with Crippen LogP contribution in [-0.4, -0.2) is 25.5 Å². The lowest BCUT2D eigenvalue weighted by atomic mass is 10.2. The number of hydrogen-bond acceptors (Lipinski definition) is 3. The molecule has 154 valence electrons. The Kier molecular flexibility index (Phi) is 6.33. The Balaban J connectivity index is 1.57. The first kappa shape index (κ1) is 21.4. The van der Waals surface area contributed by atoms with E-state index in [9.17, 15) is 18.0 Å². The second-order valence-electron chi connectivity index (χ2n) is 6.30. The van der Waals surface area contributed by atoms with Crippen molar-refractivity contribution in [1.82, 2.24) is 19.6 Å². The molecule has 1 amide bonds. The third-order valence-electron chi connectivity index (χ3n) is 4.09. The highest BCUT2D eigenvalue weighted by atomic mass is 79.9. The zero-order valence-electron chi connectivity index (χ0n) is 15.2. The molecule has 2 aromatic heterocycles. The number of aromatic nitrogens is 4. The quantitative estimate of drug-likeness (QED) is 0.535. The van der Waals surface area contributed by atoms with E-state index in [1.165, 1.54) is 6.92 Å². The van der Waals surface area contributed by atoms with Gasteiger partial charge in [0.05, 0.1) is 23.3 Å². The van der Waals surface area contributed by atoms with Crippen LogP contribution in [0.3, 0.4) is 0 Å². The number of halogens is 5. The molecule has 0 spiro atoms. The molecule has 6 nitrogen and oxygen atoms in total. The standard InChI is InChI=1S/C18H16BrClF3N5O/c1-11-16(19)17(18(21,22)23)26-28(11)8-6-15(29)24-14-5-7-27(25-14)10-12-3-2-4-13(20)9-12/h2-5,7,9H,6,8,10H2,1H3,(H,24,25,29). The lowest BCUT2D eigenvalue weighted by Crippen LogP contribution is -2.16. The van der Waals surface area contributed by atoms with Crippen molar-refractivity contribution in [1.29, 1.82) is 0 Å². The van der Waals surface area contributed by atoms with Gasteiger partial charge in [0.1, 0.15) is 0 Å². The molecule has 0 atom stereocenters. The van der Waals surface area contributed by atoms with E-state index >= 15 is 0 Å². The maximum atomic E-state index is 12.9. The number of carbonyl (C=O) groups is 1. The molecule has 1 N–H and O–H groups in total. The summed E-state index contributed by atoms with van der Waals surface area (Å²) in [6.07, 6.45) is -2.90. The summed E-state index contributed by atoms with van der Waals surface area (Å²) in [5.74, 6) is -0.0241. The number of hydrogen-bond donors (Lipinski definition) is 1. The fraction of sp³-hybridized carbons (Fsp3) is 0.278. The smallest absolute Gasteiger partial charge is 0.309 e. The van der Waals surface area contributed by atoms with Gasteiger partial charge in [-0.1, -0.05) is 23.7 Å². The van der Waals surface area contributed by atoms with Gasteiger partial charge < -0.3 is 5.32 Å². The molecular formula is C18H16BrClF3N5O. The van der Waals surface area contributed by atoms with Crippen molar-refractivity contribution in [2.24, 2.45) is 0 Å². The highest BCUT2D eigenvalue weighted by Crippen LogP contribution is 2.35. The van der Waals surface area contributed by atoms with Crippen LogP contribution in [0, 0.1) is 6.92 Å². The molecule has 0 radical (unpaired) electrons. The van der Waals surface area contributed by atoms with Crippen molar-refractivity contribution in [3.05, 3.63) is 63.0 Å². The predicted octanol–water partition coefficient (Wildman–Crippen LogP) is 4.90. The summed E-state index contributed by atoms with van der Waals surface area (Å²) in [6.45, 7) is 1.99. The van der Waals surface area contributed by atoms with E-state index < -0.39 is 11.9 Å². The van der Waals surface area contributed by atoms with Crippen molar-refractivity contribution in [3.63, 3.8) is 0 Å². The zero-order valence-corrected chi connectivity index (χ0v) is 17.5. The predicted molar refractivity (Wildman–Crippen MR) is 106 cm³/mol. The molecule has 0 unspecified atom stereocenters. The third-order valence-corrected chi connectivity index (χ3v) is 5.28. The van der Waals surface area contributed by atoms with Gasteiger partial charge in [-0.05, 0) is 40.5 Å². The fourth-order valence-corrected chi connectivity index (χ4v) is 3.40. The molecule has 0 saturated carbocycles. The second kappa shape index (κ2) is 8.58. The van der Waals surface area contributed by atoms with Crippen LogP contribution < -0.4 is 5.32 Å². The van der Waals surface area contributed by atoms with Crippen LogP contribution in [0.15, 0.2) is 41.0 Å². The van der Waals surface area contributed by atoms with Gasteiger partial charge in [-0.2, -0.15) is 23.4 Å². The lowest BCUT2D eigenvalue weighted by molar-refractivity contribution is -0.142. The van der Waals surface area contributed by atoms with Crippen LogP contribution in [0.25, 0.3) is 0 Å². The number of rotatable bonds is 6. The molecule has 29 heavy (non-hydrogen) atoms. The SMILES string of the molecule is Cc1c(Br)c(C(F)(F)F)nn1CCC(=O)Nc1ccn(Cc2cccc(Cl)c2)n1. The van der Waals surface area contributed by atoms with Crippen molar-refractivity contribution in [2.45, 2.75) is 32.6 Å². The average Bonchev–Trinajstić information content (AvgIpc) is 3.18. The summed E-state index contributed by atoms with van der Waals surface area (Å²) in [5.41, 5.74) is 0.254. The molecule has 0 bridgehead atoms. The molecule has 3 rings (SSSR count). The second-order valence-corrected chi connectivity index (χ2v) is 7.52. The summed E-state index contributed by atoms with van der Waals surface area (Å²) < 4.78 is 41.4. The summed E-state index contributed by atoms with van der Waals surface area (Å²) in [5, 5.41) is 11.1. The molecule has 0 aliphatic rings. The van der Waals surface area contributed by atoms with E-state index in [0.29, 0.717) is 23.1 Å². The van der Waals surface area contributed by atoms with Crippen molar-refractivity contribution in [3.8, 4) is 0 Å². The molecule has 0 aliphatic heterocycles. The van der Waals surface area contributed by atoms with Gasteiger partial charge in [0.25, 0.3) is 0 Å². The third kappa shape index (κ3) is 5.39. The van der Waals surface area contributed by atoms with E-state index in [2.05, 4.69) is 31.4 Å². The van der Waals surface area contributed by atoms with E-state index in [0.717, 1.165) is 10.2 Å².